The average molecular weight is 312 g/mol. The van der Waals surface area contributed by atoms with Crippen LogP contribution in [0.5, 0.6) is 0 Å². The van der Waals surface area contributed by atoms with E-state index in [2.05, 4.69) is 37.7 Å². The minimum atomic E-state index is -0.0644. The van der Waals surface area contributed by atoms with E-state index < -0.39 is 0 Å². The van der Waals surface area contributed by atoms with Gasteiger partial charge in [0.15, 0.2) is 0 Å². The summed E-state index contributed by atoms with van der Waals surface area (Å²) < 4.78 is 4.92. The quantitative estimate of drug-likeness (QED) is 0.294. The molecule has 4 nitrogen and oxygen atoms in total. The molecule has 0 bridgehead atoms. The number of unbranched alkanes of at least 4 members (excludes halogenated alkanes) is 2. The number of hydrogen-bond acceptors (Lipinski definition) is 4. The highest BCUT2D eigenvalue weighted by Gasteiger charge is 2.02. The SMILES string of the molecule is CCOC(=O)CCCCCN(C)CCCN=C(C)CC(C)C. The smallest absolute Gasteiger partial charge is 0.305 e. The van der Waals surface area contributed by atoms with Crippen LogP contribution >= 0.6 is 0 Å². The summed E-state index contributed by atoms with van der Waals surface area (Å²) in [7, 11) is 2.16. The van der Waals surface area contributed by atoms with Crippen molar-refractivity contribution in [2.24, 2.45) is 10.9 Å². The molecule has 0 aromatic heterocycles. The lowest BCUT2D eigenvalue weighted by Crippen LogP contribution is -2.21. The molecule has 0 fully saturated rings. The fourth-order valence-corrected chi connectivity index (χ4v) is 2.44. The molecule has 130 valence electrons. The summed E-state index contributed by atoms with van der Waals surface area (Å²) in [5, 5.41) is 0. The summed E-state index contributed by atoms with van der Waals surface area (Å²) in [6.45, 7) is 12.1. The molecule has 0 radical (unpaired) electrons. The first kappa shape index (κ1) is 21.1. The van der Waals surface area contributed by atoms with E-state index in [1.54, 1.807) is 0 Å². The van der Waals surface area contributed by atoms with Crippen LogP contribution in [0, 0.1) is 5.92 Å². The summed E-state index contributed by atoms with van der Waals surface area (Å²) in [4.78, 5) is 18.2. The van der Waals surface area contributed by atoms with Gasteiger partial charge in [-0.1, -0.05) is 20.3 Å². The van der Waals surface area contributed by atoms with E-state index in [1.165, 1.54) is 5.71 Å². The molecular weight excluding hydrogens is 276 g/mol. The van der Waals surface area contributed by atoms with Gasteiger partial charge < -0.3 is 9.64 Å². The first-order valence-corrected chi connectivity index (χ1v) is 8.79. The van der Waals surface area contributed by atoms with Gasteiger partial charge in [0.1, 0.15) is 0 Å². The fourth-order valence-electron chi connectivity index (χ4n) is 2.44. The summed E-state index contributed by atoms with van der Waals surface area (Å²) in [5.74, 6) is 0.631. The molecular formula is C18H36N2O2. The van der Waals surface area contributed by atoms with Gasteiger partial charge in [0.05, 0.1) is 6.61 Å². The number of esters is 1. The van der Waals surface area contributed by atoms with Gasteiger partial charge in [-0.05, 0) is 65.6 Å². The molecule has 0 saturated carbocycles. The van der Waals surface area contributed by atoms with Crippen molar-refractivity contribution < 1.29 is 9.53 Å². The molecule has 0 saturated heterocycles. The minimum Gasteiger partial charge on any atom is -0.466 e. The normalized spacial score (nSPS) is 12.2. The van der Waals surface area contributed by atoms with E-state index in [4.69, 9.17) is 4.74 Å². The van der Waals surface area contributed by atoms with E-state index in [-0.39, 0.29) is 5.97 Å². The van der Waals surface area contributed by atoms with Crippen LogP contribution < -0.4 is 0 Å². The van der Waals surface area contributed by atoms with Gasteiger partial charge in [-0.25, -0.2) is 0 Å². The number of carbonyl (C=O) groups is 1. The van der Waals surface area contributed by atoms with Crippen molar-refractivity contribution in [3.8, 4) is 0 Å². The van der Waals surface area contributed by atoms with Crippen molar-refractivity contribution in [1.29, 1.82) is 0 Å². The monoisotopic (exact) mass is 312 g/mol. The zero-order valence-corrected chi connectivity index (χ0v) is 15.4. The predicted octanol–water partition coefficient (Wildman–Crippen LogP) is 3.94. The number of ether oxygens (including phenoxy) is 1. The zero-order valence-electron chi connectivity index (χ0n) is 15.4. The first-order valence-electron chi connectivity index (χ1n) is 8.79. The van der Waals surface area contributed by atoms with Gasteiger partial charge >= 0.3 is 5.97 Å². The lowest BCUT2D eigenvalue weighted by atomic mass is 10.1. The second-order valence-corrected chi connectivity index (χ2v) is 6.49. The molecule has 4 heteroatoms. The summed E-state index contributed by atoms with van der Waals surface area (Å²) in [5.41, 5.74) is 1.27. The van der Waals surface area contributed by atoms with Gasteiger partial charge in [-0.2, -0.15) is 0 Å². The molecule has 0 amide bonds. The summed E-state index contributed by atoms with van der Waals surface area (Å²) in [6, 6.07) is 0. The van der Waals surface area contributed by atoms with Crippen LogP contribution in [-0.2, 0) is 9.53 Å². The van der Waals surface area contributed by atoms with Crippen LogP contribution in [0.3, 0.4) is 0 Å². The molecule has 0 aromatic rings. The lowest BCUT2D eigenvalue weighted by Gasteiger charge is -2.15. The third-order valence-electron chi connectivity index (χ3n) is 3.51. The topological polar surface area (TPSA) is 41.9 Å². The Labute approximate surface area is 137 Å². The third kappa shape index (κ3) is 14.1. The molecule has 0 unspecified atom stereocenters. The van der Waals surface area contributed by atoms with Gasteiger partial charge in [0.25, 0.3) is 0 Å². The molecule has 22 heavy (non-hydrogen) atoms. The van der Waals surface area contributed by atoms with E-state index in [0.717, 1.165) is 51.7 Å². The molecule has 0 aliphatic carbocycles. The van der Waals surface area contributed by atoms with Crippen LogP contribution in [0.1, 0.15) is 66.2 Å². The van der Waals surface area contributed by atoms with Crippen LogP contribution in [0.15, 0.2) is 4.99 Å². The van der Waals surface area contributed by atoms with Crippen molar-refractivity contribution in [3.63, 3.8) is 0 Å². The highest BCUT2D eigenvalue weighted by molar-refractivity contribution is 5.82. The Balaban J connectivity index is 3.50. The molecule has 0 N–H and O–H groups in total. The minimum absolute atomic E-state index is 0.0644. The van der Waals surface area contributed by atoms with Crippen molar-refractivity contribution >= 4 is 11.7 Å². The van der Waals surface area contributed by atoms with Crippen LogP contribution in [0.2, 0.25) is 0 Å². The Hall–Kier alpha value is -0.900. The number of hydrogen-bond donors (Lipinski definition) is 0. The van der Waals surface area contributed by atoms with Gasteiger partial charge in [-0.3, -0.25) is 9.79 Å². The second kappa shape index (κ2) is 13.7. The summed E-state index contributed by atoms with van der Waals surface area (Å²) >= 11 is 0. The number of rotatable bonds is 13. The Bertz CT molecular complexity index is 314. The van der Waals surface area contributed by atoms with E-state index in [9.17, 15) is 4.79 Å². The Morgan fingerprint density at radius 1 is 1.14 bits per heavy atom. The number of nitrogens with zero attached hydrogens (tertiary/aromatic N) is 2. The van der Waals surface area contributed by atoms with Gasteiger partial charge in [0, 0.05) is 18.7 Å². The zero-order chi connectivity index (χ0) is 16.8. The van der Waals surface area contributed by atoms with Crippen molar-refractivity contribution in [3.05, 3.63) is 0 Å². The molecule has 0 aliphatic rings. The molecule has 0 aromatic carbocycles. The third-order valence-corrected chi connectivity index (χ3v) is 3.51. The van der Waals surface area contributed by atoms with E-state index in [1.807, 2.05) is 6.92 Å². The van der Waals surface area contributed by atoms with Gasteiger partial charge in [0.2, 0.25) is 0 Å². The molecule has 0 atom stereocenters. The second-order valence-electron chi connectivity index (χ2n) is 6.49. The maximum absolute atomic E-state index is 11.2. The predicted molar refractivity (Wildman–Crippen MR) is 94.6 cm³/mol. The number of carbonyl (C=O) groups excluding carboxylic acids is 1. The maximum Gasteiger partial charge on any atom is 0.305 e. The fraction of sp³-hybridized carbons (Fsp3) is 0.889. The summed E-state index contributed by atoms with van der Waals surface area (Å²) in [6.07, 6.45) is 5.96. The van der Waals surface area contributed by atoms with Crippen LogP contribution in [0.25, 0.3) is 0 Å². The molecule has 0 aliphatic heterocycles. The van der Waals surface area contributed by atoms with Crippen LogP contribution in [0.4, 0.5) is 0 Å². The molecule has 0 rings (SSSR count). The van der Waals surface area contributed by atoms with Gasteiger partial charge in [-0.15, -0.1) is 0 Å². The van der Waals surface area contributed by atoms with Crippen molar-refractivity contribution in [2.45, 2.75) is 66.2 Å². The average Bonchev–Trinajstić information content (AvgIpc) is 2.42. The Morgan fingerprint density at radius 2 is 1.82 bits per heavy atom. The van der Waals surface area contributed by atoms with E-state index >= 15 is 0 Å². The van der Waals surface area contributed by atoms with E-state index in [0.29, 0.717) is 18.9 Å². The van der Waals surface area contributed by atoms with Crippen LogP contribution in [-0.4, -0.2) is 49.9 Å². The first-order chi connectivity index (χ1) is 10.5. The Kier molecular flexibility index (Phi) is 13.2. The lowest BCUT2D eigenvalue weighted by molar-refractivity contribution is -0.143. The Morgan fingerprint density at radius 3 is 2.45 bits per heavy atom. The van der Waals surface area contributed by atoms with Crippen molar-refractivity contribution in [1.82, 2.24) is 4.90 Å². The highest BCUT2D eigenvalue weighted by Crippen LogP contribution is 2.04. The standard InChI is InChI=1S/C18H36N2O2/c1-6-22-18(21)11-8-7-9-13-20(5)14-10-12-19-17(4)15-16(2)3/h16H,6-15H2,1-5H3. The highest BCUT2D eigenvalue weighted by atomic mass is 16.5. The maximum atomic E-state index is 11.2. The largest absolute Gasteiger partial charge is 0.466 e. The number of aliphatic imine (C=N–C) groups is 1. The molecule has 0 spiro atoms. The molecule has 0 heterocycles. The van der Waals surface area contributed by atoms with Crippen molar-refractivity contribution in [2.75, 3.05) is 33.3 Å².